The first kappa shape index (κ1) is 14.2. The number of piperidine rings is 1. The van der Waals surface area contributed by atoms with E-state index in [9.17, 15) is 4.79 Å². The SMILES string of the molecule is CCc1cc(N2CCC3(CC2)N=C(C)NC3=O)n2nccc2n1. The third-order valence-electron chi connectivity index (χ3n) is 4.77. The second kappa shape index (κ2) is 5.04. The molecular formula is C16H20N6O. The van der Waals surface area contributed by atoms with Crippen LogP contribution in [0.15, 0.2) is 23.3 Å². The lowest BCUT2D eigenvalue weighted by atomic mass is 9.88. The molecule has 1 amide bonds. The summed E-state index contributed by atoms with van der Waals surface area (Å²) in [6, 6.07) is 4.02. The van der Waals surface area contributed by atoms with E-state index in [4.69, 9.17) is 0 Å². The number of fused-ring (bicyclic) bond motifs is 1. The minimum atomic E-state index is -0.565. The second-order valence-corrected chi connectivity index (χ2v) is 6.23. The Balaban J connectivity index is 1.64. The topological polar surface area (TPSA) is 74.9 Å². The van der Waals surface area contributed by atoms with Gasteiger partial charge in [0.2, 0.25) is 0 Å². The Hall–Kier alpha value is -2.44. The van der Waals surface area contributed by atoms with E-state index in [0.29, 0.717) is 0 Å². The standard InChI is InChI=1S/C16H20N6O/c1-3-12-10-14(22-13(19-12)4-7-17-22)21-8-5-16(6-9-21)15(23)18-11(2)20-16/h4,7,10H,3,5-6,8-9H2,1-2H3,(H,18,20,23). The van der Waals surface area contributed by atoms with Crippen LogP contribution in [0.1, 0.15) is 32.4 Å². The van der Waals surface area contributed by atoms with E-state index in [1.807, 2.05) is 17.5 Å². The lowest BCUT2D eigenvalue weighted by Crippen LogP contribution is -2.49. The molecule has 2 aromatic rings. The van der Waals surface area contributed by atoms with Crippen LogP contribution in [0.4, 0.5) is 5.82 Å². The van der Waals surface area contributed by atoms with Gasteiger partial charge in [-0.2, -0.15) is 9.61 Å². The van der Waals surface area contributed by atoms with Crippen LogP contribution in [-0.4, -0.2) is 45.0 Å². The average molecular weight is 312 g/mol. The van der Waals surface area contributed by atoms with Crippen LogP contribution in [0.5, 0.6) is 0 Å². The number of hydrogen-bond donors (Lipinski definition) is 1. The maximum absolute atomic E-state index is 12.2. The summed E-state index contributed by atoms with van der Waals surface area (Å²) >= 11 is 0. The van der Waals surface area contributed by atoms with Gasteiger partial charge in [0.1, 0.15) is 17.2 Å². The summed E-state index contributed by atoms with van der Waals surface area (Å²) in [5.74, 6) is 1.82. The van der Waals surface area contributed by atoms with E-state index in [1.165, 1.54) is 0 Å². The summed E-state index contributed by atoms with van der Waals surface area (Å²) in [5.41, 5.74) is 1.36. The first-order valence-electron chi connectivity index (χ1n) is 8.08. The van der Waals surface area contributed by atoms with Gasteiger partial charge in [0.25, 0.3) is 5.91 Å². The van der Waals surface area contributed by atoms with Crippen LogP contribution in [0.3, 0.4) is 0 Å². The van der Waals surface area contributed by atoms with E-state index in [-0.39, 0.29) is 5.91 Å². The van der Waals surface area contributed by atoms with Crippen molar-refractivity contribution in [1.82, 2.24) is 19.9 Å². The van der Waals surface area contributed by atoms with Crippen molar-refractivity contribution in [3.05, 3.63) is 24.0 Å². The van der Waals surface area contributed by atoms with E-state index in [0.717, 1.165) is 55.3 Å². The first-order valence-corrected chi connectivity index (χ1v) is 8.08. The molecule has 23 heavy (non-hydrogen) atoms. The number of hydrogen-bond acceptors (Lipinski definition) is 5. The Morgan fingerprint density at radius 1 is 1.35 bits per heavy atom. The summed E-state index contributed by atoms with van der Waals surface area (Å²) in [6.45, 7) is 5.52. The molecule has 0 aliphatic carbocycles. The molecule has 1 fully saturated rings. The van der Waals surface area contributed by atoms with Gasteiger partial charge in [-0.15, -0.1) is 0 Å². The predicted molar refractivity (Wildman–Crippen MR) is 87.8 cm³/mol. The third-order valence-corrected chi connectivity index (χ3v) is 4.77. The number of carbonyl (C=O) groups excluding carboxylic acids is 1. The van der Waals surface area contributed by atoms with Gasteiger partial charge in [-0.1, -0.05) is 6.92 Å². The molecule has 2 aromatic heterocycles. The number of nitrogens with one attached hydrogen (secondary N) is 1. The summed E-state index contributed by atoms with van der Waals surface area (Å²) in [4.78, 5) is 23.6. The third kappa shape index (κ3) is 2.18. The molecular weight excluding hydrogens is 292 g/mol. The number of aliphatic imine (C=N–C) groups is 1. The van der Waals surface area contributed by atoms with Crippen LogP contribution < -0.4 is 10.2 Å². The molecule has 2 aliphatic rings. The minimum absolute atomic E-state index is 0.0443. The molecule has 7 heteroatoms. The molecule has 2 aliphatic heterocycles. The van der Waals surface area contributed by atoms with E-state index >= 15 is 0 Å². The van der Waals surface area contributed by atoms with Crippen molar-refractivity contribution >= 4 is 23.2 Å². The van der Waals surface area contributed by atoms with Crippen molar-refractivity contribution in [2.75, 3.05) is 18.0 Å². The first-order chi connectivity index (χ1) is 11.1. The van der Waals surface area contributed by atoms with Crippen molar-refractivity contribution in [3.63, 3.8) is 0 Å². The molecule has 0 unspecified atom stereocenters. The Kier molecular flexibility index (Phi) is 3.11. The maximum Gasteiger partial charge on any atom is 0.253 e. The number of aryl methyl sites for hydroxylation is 1. The number of rotatable bonds is 2. The largest absolute Gasteiger partial charge is 0.356 e. The molecule has 0 atom stereocenters. The monoisotopic (exact) mass is 312 g/mol. The van der Waals surface area contributed by atoms with Gasteiger partial charge in [0.15, 0.2) is 5.65 Å². The molecule has 0 saturated carbocycles. The van der Waals surface area contributed by atoms with E-state index < -0.39 is 5.54 Å². The Bertz CT molecular complexity index is 800. The maximum atomic E-state index is 12.2. The highest BCUT2D eigenvalue weighted by molar-refractivity contribution is 6.07. The molecule has 0 bridgehead atoms. The van der Waals surface area contributed by atoms with Crippen LogP contribution in [0.25, 0.3) is 5.65 Å². The van der Waals surface area contributed by atoms with Gasteiger partial charge in [-0.05, 0) is 26.2 Å². The van der Waals surface area contributed by atoms with Crippen LogP contribution in [0, 0.1) is 0 Å². The molecule has 1 saturated heterocycles. The average Bonchev–Trinajstić information content (AvgIpc) is 3.12. The molecule has 7 nitrogen and oxygen atoms in total. The minimum Gasteiger partial charge on any atom is -0.356 e. The van der Waals surface area contributed by atoms with E-state index in [2.05, 4.69) is 38.3 Å². The predicted octanol–water partition coefficient (Wildman–Crippen LogP) is 1.18. The number of amides is 1. The molecule has 4 heterocycles. The summed E-state index contributed by atoms with van der Waals surface area (Å²) in [7, 11) is 0. The molecule has 1 N–H and O–H groups in total. The van der Waals surface area contributed by atoms with Gasteiger partial charge < -0.3 is 10.2 Å². The molecule has 120 valence electrons. The van der Waals surface area contributed by atoms with Crippen LogP contribution >= 0.6 is 0 Å². The van der Waals surface area contributed by atoms with Gasteiger partial charge >= 0.3 is 0 Å². The van der Waals surface area contributed by atoms with Gasteiger partial charge in [0.05, 0.1) is 6.20 Å². The Labute approximate surface area is 134 Å². The second-order valence-electron chi connectivity index (χ2n) is 6.23. The quantitative estimate of drug-likeness (QED) is 0.903. The van der Waals surface area contributed by atoms with Crippen molar-refractivity contribution in [3.8, 4) is 0 Å². The summed E-state index contributed by atoms with van der Waals surface area (Å²) in [6.07, 6.45) is 4.11. The van der Waals surface area contributed by atoms with Gasteiger partial charge in [0, 0.05) is 30.9 Å². The van der Waals surface area contributed by atoms with Crippen molar-refractivity contribution in [2.45, 2.75) is 38.6 Å². The molecule has 0 radical (unpaired) electrons. The highest BCUT2D eigenvalue weighted by Crippen LogP contribution is 2.32. The Morgan fingerprint density at radius 3 is 2.78 bits per heavy atom. The van der Waals surface area contributed by atoms with Crippen LogP contribution in [-0.2, 0) is 11.2 Å². The smallest absolute Gasteiger partial charge is 0.253 e. The van der Waals surface area contributed by atoms with Crippen molar-refractivity contribution in [1.29, 1.82) is 0 Å². The normalized spacial score (nSPS) is 20.2. The zero-order valence-electron chi connectivity index (χ0n) is 13.4. The molecule has 4 rings (SSSR count). The highest BCUT2D eigenvalue weighted by Gasteiger charge is 2.45. The lowest BCUT2D eigenvalue weighted by molar-refractivity contribution is -0.124. The van der Waals surface area contributed by atoms with Crippen LogP contribution in [0.2, 0.25) is 0 Å². The zero-order valence-corrected chi connectivity index (χ0v) is 13.4. The lowest BCUT2D eigenvalue weighted by Gasteiger charge is -2.36. The molecule has 1 spiro atoms. The zero-order chi connectivity index (χ0) is 16.0. The van der Waals surface area contributed by atoms with Gasteiger partial charge in [-0.3, -0.25) is 9.79 Å². The number of nitrogens with zero attached hydrogens (tertiary/aromatic N) is 5. The summed E-state index contributed by atoms with van der Waals surface area (Å²) in [5, 5.41) is 7.23. The van der Waals surface area contributed by atoms with Crippen molar-refractivity contribution < 1.29 is 4.79 Å². The number of amidine groups is 1. The fourth-order valence-corrected chi connectivity index (χ4v) is 3.48. The molecule has 0 aromatic carbocycles. The Morgan fingerprint density at radius 2 is 2.13 bits per heavy atom. The number of carbonyl (C=O) groups is 1. The van der Waals surface area contributed by atoms with E-state index in [1.54, 1.807) is 6.20 Å². The number of anilines is 1. The summed E-state index contributed by atoms with van der Waals surface area (Å²) < 4.78 is 1.88. The van der Waals surface area contributed by atoms with Gasteiger partial charge in [-0.25, -0.2) is 4.98 Å². The fraction of sp³-hybridized carbons (Fsp3) is 0.500. The fourth-order valence-electron chi connectivity index (χ4n) is 3.48. The van der Waals surface area contributed by atoms with Crippen molar-refractivity contribution in [2.24, 2.45) is 4.99 Å². The number of aromatic nitrogens is 3. The highest BCUT2D eigenvalue weighted by atomic mass is 16.2.